The molecule has 0 atom stereocenters. The van der Waals surface area contributed by atoms with Gasteiger partial charge in [0.05, 0.1) is 18.7 Å². The van der Waals surface area contributed by atoms with Crippen molar-refractivity contribution in [1.82, 2.24) is 9.97 Å². The van der Waals surface area contributed by atoms with E-state index in [4.69, 9.17) is 16.3 Å². The molecule has 2 rings (SSSR count). The average Bonchev–Trinajstić information content (AvgIpc) is 2.49. The fourth-order valence-corrected chi connectivity index (χ4v) is 3.07. The zero-order valence-electron chi connectivity index (χ0n) is 12.3. The second-order valence-electron chi connectivity index (χ2n) is 5.35. The summed E-state index contributed by atoms with van der Waals surface area (Å²) < 4.78 is 5.02. The Kier molecular flexibility index (Phi) is 4.88. The number of halogens is 1. The van der Waals surface area contributed by atoms with E-state index in [0.29, 0.717) is 43.2 Å². The molecule has 0 unspecified atom stereocenters. The Morgan fingerprint density at radius 2 is 2.19 bits per heavy atom. The van der Waals surface area contributed by atoms with E-state index in [0.717, 1.165) is 6.42 Å². The molecule has 7 heteroatoms. The molecule has 1 aliphatic rings. The smallest absolute Gasteiger partial charge is 0.318 e. The number of hydrogen-bond donors (Lipinski definition) is 1. The van der Waals surface area contributed by atoms with Crippen LogP contribution in [0.1, 0.15) is 32.6 Å². The predicted octanol–water partition coefficient (Wildman–Crippen LogP) is 2.61. The Hall–Kier alpha value is -1.56. The van der Waals surface area contributed by atoms with E-state index in [-0.39, 0.29) is 6.01 Å². The summed E-state index contributed by atoms with van der Waals surface area (Å²) in [7, 11) is 1.50. The molecule has 0 aromatic carbocycles. The molecule has 0 radical (unpaired) electrons. The molecule has 21 heavy (non-hydrogen) atoms. The maximum atomic E-state index is 11.6. The number of hydrogen-bond acceptors (Lipinski definition) is 5. The Balaban J connectivity index is 2.15. The van der Waals surface area contributed by atoms with Gasteiger partial charge in [0.15, 0.2) is 5.82 Å². The summed E-state index contributed by atoms with van der Waals surface area (Å²) in [6.07, 6.45) is 4.27. The Morgan fingerprint density at radius 3 is 2.71 bits per heavy atom. The minimum atomic E-state index is -0.699. The van der Waals surface area contributed by atoms with Crippen LogP contribution in [0.5, 0.6) is 6.01 Å². The molecular formula is C14H20ClN3O3. The standard InChI is InChI=1S/C14H20ClN3O3/c1-3-4-14(12(19)20)5-7-18(8-6-14)11-10(15)9-16-13(17-11)21-2/h9H,3-8H2,1-2H3,(H,19,20). The fraction of sp³-hybridized carbons (Fsp3) is 0.643. The monoisotopic (exact) mass is 313 g/mol. The molecular weight excluding hydrogens is 294 g/mol. The molecule has 1 fully saturated rings. The van der Waals surface area contributed by atoms with Crippen molar-refractivity contribution < 1.29 is 14.6 Å². The van der Waals surface area contributed by atoms with Gasteiger partial charge >= 0.3 is 12.0 Å². The molecule has 0 spiro atoms. The van der Waals surface area contributed by atoms with E-state index in [9.17, 15) is 9.90 Å². The summed E-state index contributed by atoms with van der Waals surface area (Å²) in [6, 6.07) is 0.262. The summed E-state index contributed by atoms with van der Waals surface area (Å²) in [5.74, 6) is -0.0885. The molecule has 1 saturated heterocycles. The van der Waals surface area contributed by atoms with Crippen LogP contribution in [0.3, 0.4) is 0 Å². The summed E-state index contributed by atoms with van der Waals surface area (Å²) in [5.41, 5.74) is -0.616. The van der Waals surface area contributed by atoms with Crippen LogP contribution in [0.4, 0.5) is 5.82 Å². The van der Waals surface area contributed by atoms with E-state index in [1.165, 1.54) is 13.3 Å². The second kappa shape index (κ2) is 6.47. The van der Waals surface area contributed by atoms with E-state index in [1.807, 2.05) is 11.8 Å². The lowest BCUT2D eigenvalue weighted by atomic mass is 9.75. The number of aliphatic carboxylic acids is 1. The lowest BCUT2D eigenvalue weighted by molar-refractivity contribution is -0.150. The number of carboxylic acids is 1. The number of rotatable bonds is 5. The van der Waals surface area contributed by atoms with Crippen molar-refractivity contribution in [3.63, 3.8) is 0 Å². The number of aromatic nitrogens is 2. The first-order chi connectivity index (χ1) is 10.0. The number of piperidine rings is 1. The molecule has 1 aliphatic heterocycles. The zero-order chi connectivity index (χ0) is 15.5. The molecule has 0 saturated carbocycles. The van der Waals surface area contributed by atoms with Crippen LogP contribution in [0, 0.1) is 5.41 Å². The van der Waals surface area contributed by atoms with E-state index >= 15 is 0 Å². The number of carboxylic acid groups (broad SMARTS) is 1. The number of carbonyl (C=O) groups is 1. The van der Waals surface area contributed by atoms with E-state index < -0.39 is 11.4 Å². The Bertz CT molecular complexity index is 516. The second-order valence-corrected chi connectivity index (χ2v) is 5.76. The molecule has 1 N–H and O–H groups in total. The Labute approximate surface area is 129 Å². The maximum Gasteiger partial charge on any atom is 0.318 e. The molecule has 2 heterocycles. The van der Waals surface area contributed by atoms with Crippen LogP contribution in [0.25, 0.3) is 0 Å². The molecule has 0 amide bonds. The predicted molar refractivity (Wildman–Crippen MR) is 80.0 cm³/mol. The first kappa shape index (κ1) is 15.8. The van der Waals surface area contributed by atoms with Crippen molar-refractivity contribution in [2.75, 3.05) is 25.1 Å². The number of ether oxygens (including phenoxy) is 1. The molecule has 1 aromatic rings. The van der Waals surface area contributed by atoms with Gasteiger partial charge in [-0.25, -0.2) is 4.98 Å². The fourth-order valence-electron chi connectivity index (χ4n) is 2.86. The van der Waals surface area contributed by atoms with E-state index in [1.54, 1.807) is 0 Å². The largest absolute Gasteiger partial charge is 0.481 e. The zero-order valence-corrected chi connectivity index (χ0v) is 13.1. The van der Waals surface area contributed by atoms with Gasteiger partial charge in [0.1, 0.15) is 5.02 Å². The van der Waals surface area contributed by atoms with Gasteiger partial charge in [-0.1, -0.05) is 24.9 Å². The van der Waals surface area contributed by atoms with Gasteiger partial charge in [0.25, 0.3) is 0 Å². The minimum Gasteiger partial charge on any atom is -0.481 e. The van der Waals surface area contributed by atoms with Crippen LogP contribution >= 0.6 is 11.6 Å². The van der Waals surface area contributed by atoms with Gasteiger partial charge < -0.3 is 14.7 Å². The topological polar surface area (TPSA) is 75.5 Å². The Morgan fingerprint density at radius 1 is 1.52 bits per heavy atom. The lowest BCUT2D eigenvalue weighted by Crippen LogP contribution is -2.44. The summed E-state index contributed by atoms with van der Waals surface area (Å²) in [6.45, 7) is 3.25. The minimum absolute atomic E-state index is 0.262. The summed E-state index contributed by atoms with van der Waals surface area (Å²) in [4.78, 5) is 21.8. The first-order valence-electron chi connectivity index (χ1n) is 7.07. The van der Waals surface area contributed by atoms with Gasteiger partial charge in [-0.2, -0.15) is 4.98 Å². The first-order valence-corrected chi connectivity index (χ1v) is 7.45. The lowest BCUT2D eigenvalue weighted by Gasteiger charge is -2.39. The van der Waals surface area contributed by atoms with Crippen molar-refractivity contribution >= 4 is 23.4 Å². The third-order valence-corrected chi connectivity index (χ3v) is 4.36. The molecule has 0 aliphatic carbocycles. The summed E-state index contributed by atoms with van der Waals surface area (Å²) in [5, 5.41) is 9.98. The van der Waals surface area contributed by atoms with Crippen LogP contribution < -0.4 is 9.64 Å². The van der Waals surface area contributed by atoms with Gasteiger partial charge in [-0.15, -0.1) is 0 Å². The van der Waals surface area contributed by atoms with Crippen LogP contribution in [0.2, 0.25) is 5.02 Å². The quantitative estimate of drug-likeness (QED) is 0.900. The van der Waals surface area contributed by atoms with Crippen molar-refractivity contribution in [2.45, 2.75) is 32.6 Å². The SMILES string of the molecule is CCCC1(C(=O)O)CCN(c2nc(OC)ncc2Cl)CC1. The number of nitrogens with zero attached hydrogens (tertiary/aromatic N) is 3. The van der Waals surface area contributed by atoms with Gasteiger partial charge in [-0.3, -0.25) is 4.79 Å². The highest BCUT2D eigenvalue weighted by molar-refractivity contribution is 6.32. The third-order valence-electron chi connectivity index (χ3n) is 4.09. The highest BCUT2D eigenvalue weighted by Gasteiger charge is 2.41. The van der Waals surface area contributed by atoms with Crippen molar-refractivity contribution in [3.05, 3.63) is 11.2 Å². The summed E-state index contributed by atoms with van der Waals surface area (Å²) >= 11 is 6.14. The average molecular weight is 314 g/mol. The molecule has 116 valence electrons. The molecule has 0 bridgehead atoms. The number of anilines is 1. The van der Waals surface area contributed by atoms with Gasteiger partial charge in [0.2, 0.25) is 0 Å². The van der Waals surface area contributed by atoms with E-state index in [2.05, 4.69) is 9.97 Å². The highest BCUT2D eigenvalue weighted by atomic mass is 35.5. The van der Waals surface area contributed by atoms with Crippen molar-refractivity contribution in [2.24, 2.45) is 5.41 Å². The van der Waals surface area contributed by atoms with Crippen LogP contribution in [0.15, 0.2) is 6.20 Å². The van der Waals surface area contributed by atoms with Crippen LogP contribution in [-0.2, 0) is 4.79 Å². The maximum absolute atomic E-state index is 11.6. The van der Waals surface area contributed by atoms with Crippen LogP contribution in [-0.4, -0.2) is 41.2 Å². The normalized spacial score (nSPS) is 17.6. The highest BCUT2D eigenvalue weighted by Crippen LogP contribution is 2.38. The van der Waals surface area contributed by atoms with Gasteiger partial charge in [-0.05, 0) is 19.3 Å². The molecule has 1 aromatic heterocycles. The number of methoxy groups -OCH3 is 1. The van der Waals surface area contributed by atoms with Crippen molar-refractivity contribution in [1.29, 1.82) is 0 Å². The van der Waals surface area contributed by atoms with Gasteiger partial charge in [0, 0.05) is 13.1 Å². The molecule has 6 nitrogen and oxygen atoms in total. The third kappa shape index (κ3) is 3.20. The van der Waals surface area contributed by atoms with Crippen molar-refractivity contribution in [3.8, 4) is 6.01 Å².